The van der Waals surface area contributed by atoms with Crippen LogP contribution in [0.2, 0.25) is 0 Å². The quantitative estimate of drug-likeness (QED) is 0.392. The van der Waals surface area contributed by atoms with Crippen molar-refractivity contribution < 1.29 is 17.9 Å². The Morgan fingerprint density at radius 1 is 1.00 bits per heavy atom. The van der Waals surface area contributed by atoms with Crippen molar-refractivity contribution in [3.63, 3.8) is 0 Å². The third kappa shape index (κ3) is 5.65. The van der Waals surface area contributed by atoms with Gasteiger partial charge in [0, 0.05) is 41.9 Å². The number of pyridine rings is 1. The lowest BCUT2D eigenvalue weighted by Gasteiger charge is -2.12. The molecular weight excluding hydrogens is 433 g/mol. The van der Waals surface area contributed by atoms with Crippen molar-refractivity contribution in [2.75, 3.05) is 5.32 Å². The predicted molar refractivity (Wildman–Crippen MR) is 117 cm³/mol. The molecule has 0 aliphatic heterocycles. The van der Waals surface area contributed by atoms with Gasteiger partial charge in [-0.25, -0.2) is 15.0 Å². The summed E-state index contributed by atoms with van der Waals surface area (Å²) < 4.78 is 45.5. The van der Waals surface area contributed by atoms with Crippen molar-refractivity contribution in [2.24, 2.45) is 0 Å². The van der Waals surface area contributed by atoms with E-state index in [0.29, 0.717) is 17.1 Å². The smallest absolute Gasteiger partial charge is 0.433 e. The Morgan fingerprint density at radius 2 is 1.73 bits per heavy atom. The maximum absolute atomic E-state index is 13.3. The number of H-pyrrole nitrogens is 1. The Kier molecular flexibility index (Phi) is 6.25. The summed E-state index contributed by atoms with van der Waals surface area (Å²) in [6, 6.07) is 11.5. The predicted octanol–water partition coefficient (Wildman–Crippen LogP) is 5.35. The van der Waals surface area contributed by atoms with Crippen molar-refractivity contribution in [3.8, 4) is 28.5 Å². The molecule has 3 aromatic heterocycles. The maximum Gasteiger partial charge on any atom is 0.433 e. The fourth-order valence-electron chi connectivity index (χ4n) is 3.07. The highest BCUT2D eigenvalue weighted by Crippen LogP contribution is 2.32. The molecule has 0 amide bonds. The average Bonchev–Trinajstić information content (AvgIpc) is 3.33. The first-order valence-corrected chi connectivity index (χ1v) is 10.2. The Balaban J connectivity index is 1.47. The van der Waals surface area contributed by atoms with Gasteiger partial charge < -0.3 is 10.1 Å². The molecule has 0 saturated heterocycles. The van der Waals surface area contributed by atoms with E-state index in [-0.39, 0.29) is 24.0 Å². The van der Waals surface area contributed by atoms with Crippen molar-refractivity contribution in [3.05, 3.63) is 72.3 Å². The topological polar surface area (TPSA) is 88.6 Å². The summed E-state index contributed by atoms with van der Waals surface area (Å²) >= 11 is 0. The molecule has 0 saturated carbocycles. The summed E-state index contributed by atoms with van der Waals surface area (Å²) in [5.74, 6) is 1.30. The third-order valence-corrected chi connectivity index (χ3v) is 4.57. The van der Waals surface area contributed by atoms with Crippen molar-refractivity contribution >= 4 is 5.69 Å². The second-order valence-electron chi connectivity index (χ2n) is 7.54. The summed E-state index contributed by atoms with van der Waals surface area (Å²) in [5.41, 5.74) is 1.25. The molecule has 0 bridgehead atoms. The summed E-state index contributed by atoms with van der Waals surface area (Å²) in [6.07, 6.45) is 0.293. The summed E-state index contributed by atoms with van der Waals surface area (Å²) in [5, 5.41) is 9.48. The molecule has 4 rings (SSSR count). The van der Waals surface area contributed by atoms with Gasteiger partial charge in [0.2, 0.25) is 0 Å². The van der Waals surface area contributed by atoms with Crippen LogP contribution in [-0.2, 0) is 12.7 Å². The zero-order valence-electron chi connectivity index (χ0n) is 17.9. The van der Waals surface area contributed by atoms with Crippen LogP contribution in [0.25, 0.3) is 22.8 Å². The maximum atomic E-state index is 13.3. The fourth-order valence-corrected chi connectivity index (χ4v) is 3.07. The van der Waals surface area contributed by atoms with Gasteiger partial charge >= 0.3 is 6.18 Å². The number of halogens is 3. The van der Waals surface area contributed by atoms with E-state index in [4.69, 9.17) is 4.74 Å². The number of nitrogens with zero attached hydrogens (tertiary/aromatic N) is 4. The highest BCUT2D eigenvalue weighted by atomic mass is 19.4. The Bertz CT molecular complexity index is 1190. The first kappa shape index (κ1) is 22.3. The van der Waals surface area contributed by atoms with E-state index in [1.165, 1.54) is 12.3 Å². The molecule has 3 heterocycles. The molecule has 10 heteroatoms. The lowest BCUT2D eigenvalue weighted by molar-refractivity contribution is -0.141. The highest BCUT2D eigenvalue weighted by Gasteiger charge is 2.33. The van der Waals surface area contributed by atoms with Gasteiger partial charge in [-0.05, 0) is 56.3 Å². The number of aromatic nitrogens is 5. The van der Waals surface area contributed by atoms with Crippen LogP contribution in [0.1, 0.15) is 25.1 Å². The molecule has 0 unspecified atom stereocenters. The monoisotopic (exact) mass is 454 g/mol. The molecule has 4 aromatic rings. The molecule has 0 radical (unpaired) electrons. The molecule has 170 valence electrons. The lowest BCUT2D eigenvalue weighted by Crippen LogP contribution is -2.10. The molecular formula is C23H21F3N6O. The van der Waals surface area contributed by atoms with Gasteiger partial charge in [-0.2, -0.15) is 18.3 Å². The second-order valence-corrected chi connectivity index (χ2v) is 7.54. The number of rotatable bonds is 7. The van der Waals surface area contributed by atoms with Crippen LogP contribution in [0, 0.1) is 0 Å². The van der Waals surface area contributed by atoms with Gasteiger partial charge in [-0.1, -0.05) is 0 Å². The third-order valence-electron chi connectivity index (χ3n) is 4.57. The lowest BCUT2D eigenvalue weighted by atomic mass is 10.2. The van der Waals surface area contributed by atoms with Gasteiger partial charge in [-0.3, -0.25) is 5.10 Å². The normalized spacial score (nSPS) is 11.6. The Labute approximate surface area is 188 Å². The SMILES string of the molecule is CC(C)Oc1ccc(-c2ncc(CNc3cc(-c4cc[nH]n4)nc(C(F)(F)F)c3)cn2)cc1. The summed E-state index contributed by atoms with van der Waals surface area (Å²) in [4.78, 5) is 12.4. The van der Waals surface area contributed by atoms with Crippen LogP contribution >= 0.6 is 0 Å². The zero-order chi connectivity index (χ0) is 23.4. The average molecular weight is 454 g/mol. The molecule has 0 atom stereocenters. The van der Waals surface area contributed by atoms with Gasteiger partial charge in [0.05, 0.1) is 11.8 Å². The van der Waals surface area contributed by atoms with Crippen molar-refractivity contribution in [1.82, 2.24) is 25.1 Å². The first-order valence-electron chi connectivity index (χ1n) is 10.2. The number of nitrogens with one attached hydrogen (secondary N) is 2. The van der Waals surface area contributed by atoms with Crippen LogP contribution < -0.4 is 10.1 Å². The Morgan fingerprint density at radius 3 is 2.33 bits per heavy atom. The van der Waals surface area contributed by atoms with E-state index >= 15 is 0 Å². The van der Waals surface area contributed by atoms with Gasteiger partial charge in [0.25, 0.3) is 0 Å². The van der Waals surface area contributed by atoms with Crippen LogP contribution in [0.3, 0.4) is 0 Å². The molecule has 1 aromatic carbocycles. The number of hydrogen-bond acceptors (Lipinski definition) is 6. The first-order chi connectivity index (χ1) is 15.8. The van der Waals surface area contributed by atoms with Gasteiger partial charge in [-0.15, -0.1) is 0 Å². The molecule has 0 fully saturated rings. The van der Waals surface area contributed by atoms with Crippen LogP contribution in [0.5, 0.6) is 5.75 Å². The zero-order valence-corrected chi connectivity index (χ0v) is 17.9. The van der Waals surface area contributed by atoms with E-state index in [1.807, 2.05) is 38.1 Å². The summed E-state index contributed by atoms with van der Waals surface area (Å²) in [7, 11) is 0. The van der Waals surface area contributed by atoms with Crippen LogP contribution in [0.4, 0.5) is 18.9 Å². The molecule has 7 nitrogen and oxygen atoms in total. The minimum atomic E-state index is -4.58. The van der Waals surface area contributed by atoms with E-state index < -0.39 is 11.9 Å². The number of hydrogen-bond donors (Lipinski definition) is 2. The number of ether oxygens (including phenoxy) is 1. The largest absolute Gasteiger partial charge is 0.491 e. The van der Waals surface area contributed by atoms with E-state index in [2.05, 4.69) is 30.5 Å². The standard InChI is InChI=1S/C23H21F3N6O/c1-14(2)33-18-5-3-16(4-6-18)22-28-12-15(13-29-22)11-27-17-9-20(19-7-8-30-32-19)31-21(10-17)23(24,25)26/h3-10,12-14H,11H2,1-2H3,(H,27,31)(H,30,32). The molecule has 0 aliphatic carbocycles. The Hall–Kier alpha value is -3.95. The molecule has 0 aliphatic rings. The van der Waals surface area contributed by atoms with Gasteiger partial charge in [0.15, 0.2) is 5.82 Å². The molecule has 2 N–H and O–H groups in total. The van der Waals surface area contributed by atoms with Crippen molar-refractivity contribution in [2.45, 2.75) is 32.7 Å². The summed E-state index contributed by atoms with van der Waals surface area (Å²) in [6.45, 7) is 4.15. The fraction of sp³-hybridized carbons (Fsp3) is 0.217. The van der Waals surface area contributed by atoms with E-state index in [1.54, 1.807) is 18.5 Å². The number of aromatic amines is 1. The van der Waals surface area contributed by atoms with Gasteiger partial charge in [0.1, 0.15) is 17.1 Å². The van der Waals surface area contributed by atoms with E-state index in [0.717, 1.165) is 17.4 Å². The number of anilines is 1. The van der Waals surface area contributed by atoms with Crippen LogP contribution in [-0.4, -0.2) is 31.3 Å². The van der Waals surface area contributed by atoms with E-state index in [9.17, 15) is 13.2 Å². The molecule has 33 heavy (non-hydrogen) atoms. The highest BCUT2D eigenvalue weighted by molar-refractivity contribution is 5.61. The van der Waals surface area contributed by atoms with Crippen LogP contribution in [0.15, 0.2) is 61.1 Å². The van der Waals surface area contributed by atoms with Crippen molar-refractivity contribution in [1.29, 1.82) is 0 Å². The second kappa shape index (κ2) is 9.27. The minimum Gasteiger partial charge on any atom is -0.491 e. The number of alkyl halides is 3. The molecule has 0 spiro atoms. The minimum absolute atomic E-state index is 0.0850. The number of benzene rings is 1.